The molecule has 8 heteroatoms. The van der Waals surface area contributed by atoms with Crippen LogP contribution in [-0.2, 0) is 0 Å². The van der Waals surface area contributed by atoms with Gasteiger partial charge in [-0.3, -0.25) is 10.1 Å². The number of nitrogens with zero attached hydrogens (tertiary/aromatic N) is 4. The molecule has 0 aromatic carbocycles. The second-order valence-corrected chi connectivity index (χ2v) is 4.05. The number of rotatable bonds is 2. The van der Waals surface area contributed by atoms with Crippen LogP contribution < -0.4 is 5.32 Å². The summed E-state index contributed by atoms with van der Waals surface area (Å²) < 4.78 is 5.08. The van der Waals surface area contributed by atoms with E-state index >= 15 is 0 Å². The van der Waals surface area contributed by atoms with Crippen LogP contribution in [0.1, 0.15) is 21.7 Å². The highest BCUT2D eigenvalue weighted by molar-refractivity contribution is 6.11. The molecule has 3 aromatic rings. The lowest BCUT2D eigenvalue weighted by Crippen LogP contribution is -2.14. The minimum absolute atomic E-state index is 0.279. The lowest BCUT2D eigenvalue weighted by atomic mass is 10.1. The number of hydrogen-bond acceptors (Lipinski definition) is 6. The summed E-state index contributed by atoms with van der Waals surface area (Å²) in [5, 5.41) is 13.3. The number of aromatic nitrogens is 5. The lowest BCUT2D eigenvalue weighted by molar-refractivity contribution is 0.102. The van der Waals surface area contributed by atoms with Crippen molar-refractivity contribution in [3.8, 4) is 0 Å². The highest BCUT2D eigenvalue weighted by atomic mass is 16.5. The molecule has 2 N–H and O–H groups in total. The summed E-state index contributed by atoms with van der Waals surface area (Å²) in [6.45, 7) is 3.54. The van der Waals surface area contributed by atoms with Gasteiger partial charge in [-0.1, -0.05) is 5.16 Å². The fourth-order valence-corrected chi connectivity index (χ4v) is 1.84. The monoisotopic (exact) mass is 258 g/mol. The van der Waals surface area contributed by atoms with Crippen LogP contribution in [0.25, 0.3) is 11.1 Å². The third-order valence-corrected chi connectivity index (χ3v) is 2.64. The summed E-state index contributed by atoms with van der Waals surface area (Å²) in [7, 11) is 0. The maximum absolute atomic E-state index is 12.2. The van der Waals surface area contributed by atoms with Crippen molar-refractivity contribution in [2.24, 2.45) is 0 Å². The minimum Gasteiger partial charge on any atom is -0.336 e. The van der Waals surface area contributed by atoms with E-state index in [9.17, 15) is 4.79 Å². The quantitative estimate of drug-likeness (QED) is 0.714. The van der Waals surface area contributed by atoms with Crippen molar-refractivity contribution in [3.63, 3.8) is 0 Å². The van der Waals surface area contributed by atoms with Crippen molar-refractivity contribution < 1.29 is 9.32 Å². The van der Waals surface area contributed by atoms with Crippen LogP contribution in [0, 0.1) is 13.8 Å². The van der Waals surface area contributed by atoms with Gasteiger partial charge in [0, 0.05) is 5.69 Å². The van der Waals surface area contributed by atoms with Gasteiger partial charge >= 0.3 is 0 Å². The zero-order valence-corrected chi connectivity index (χ0v) is 10.3. The normalized spacial score (nSPS) is 10.8. The number of anilines is 1. The number of H-pyrrole nitrogens is 1. The fourth-order valence-electron chi connectivity index (χ4n) is 1.84. The molecule has 3 aromatic heterocycles. The molecule has 19 heavy (non-hydrogen) atoms. The summed E-state index contributed by atoms with van der Waals surface area (Å²) in [5.74, 6) is -0.0414. The van der Waals surface area contributed by atoms with Crippen LogP contribution in [0.2, 0.25) is 0 Å². The highest BCUT2D eigenvalue weighted by Gasteiger charge is 2.18. The lowest BCUT2D eigenvalue weighted by Gasteiger charge is -2.03. The number of aromatic amines is 1. The van der Waals surface area contributed by atoms with Gasteiger partial charge < -0.3 is 4.52 Å². The summed E-state index contributed by atoms with van der Waals surface area (Å²) in [6, 6.07) is 1.68. The Labute approximate surface area is 107 Å². The van der Waals surface area contributed by atoms with E-state index in [-0.39, 0.29) is 11.9 Å². The Hall–Kier alpha value is -2.77. The van der Waals surface area contributed by atoms with Crippen molar-refractivity contribution in [2.45, 2.75) is 13.8 Å². The van der Waals surface area contributed by atoms with Crippen molar-refractivity contribution in [1.29, 1.82) is 0 Å². The molecule has 3 rings (SSSR count). The number of fused-ring (bicyclic) bond motifs is 1. The molecule has 0 spiro atoms. The average molecular weight is 258 g/mol. The van der Waals surface area contributed by atoms with E-state index in [0.29, 0.717) is 28.1 Å². The number of carbonyl (C=O) groups is 1. The second kappa shape index (κ2) is 4.16. The van der Waals surface area contributed by atoms with Crippen LogP contribution in [0.3, 0.4) is 0 Å². The highest BCUT2D eigenvalue weighted by Crippen LogP contribution is 2.22. The first-order valence-corrected chi connectivity index (χ1v) is 5.55. The Balaban J connectivity index is 2.08. The molecule has 0 fully saturated rings. The molecule has 0 unspecified atom stereocenters. The molecule has 0 radical (unpaired) electrons. The topological polar surface area (TPSA) is 110 Å². The molecule has 0 aliphatic rings. The molecule has 3 heterocycles. The van der Waals surface area contributed by atoms with Gasteiger partial charge in [0.2, 0.25) is 5.95 Å². The molecule has 0 bridgehead atoms. The van der Waals surface area contributed by atoms with Crippen LogP contribution in [-0.4, -0.2) is 31.2 Å². The Kier molecular flexibility index (Phi) is 2.48. The van der Waals surface area contributed by atoms with Gasteiger partial charge in [0.05, 0.1) is 16.6 Å². The number of pyridine rings is 1. The van der Waals surface area contributed by atoms with Crippen LogP contribution in [0.4, 0.5) is 5.95 Å². The van der Waals surface area contributed by atoms with Gasteiger partial charge in [0.25, 0.3) is 11.6 Å². The number of hydrogen-bond donors (Lipinski definition) is 2. The van der Waals surface area contributed by atoms with E-state index in [2.05, 4.69) is 30.6 Å². The van der Waals surface area contributed by atoms with E-state index in [0.717, 1.165) is 0 Å². The Bertz CT molecular complexity index is 746. The molecular weight excluding hydrogens is 248 g/mol. The van der Waals surface area contributed by atoms with Gasteiger partial charge in [0.1, 0.15) is 6.33 Å². The van der Waals surface area contributed by atoms with E-state index in [1.54, 1.807) is 19.9 Å². The van der Waals surface area contributed by atoms with Gasteiger partial charge in [-0.25, -0.2) is 10.1 Å². The van der Waals surface area contributed by atoms with Gasteiger partial charge in [0.15, 0.2) is 0 Å². The second-order valence-electron chi connectivity index (χ2n) is 4.05. The van der Waals surface area contributed by atoms with Crippen molar-refractivity contribution in [1.82, 2.24) is 25.3 Å². The first kappa shape index (κ1) is 11.3. The van der Waals surface area contributed by atoms with Crippen molar-refractivity contribution >= 4 is 23.0 Å². The van der Waals surface area contributed by atoms with E-state index in [1.807, 2.05) is 0 Å². The van der Waals surface area contributed by atoms with Crippen molar-refractivity contribution in [3.05, 3.63) is 29.3 Å². The molecule has 8 nitrogen and oxygen atoms in total. The van der Waals surface area contributed by atoms with Crippen molar-refractivity contribution in [2.75, 3.05) is 5.32 Å². The Morgan fingerprint density at radius 3 is 3.00 bits per heavy atom. The third kappa shape index (κ3) is 1.92. The maximum atomic E-state index is 12.2. The fraction of sp³-hybridized carbons (Fsp3) is 0.182. The Morgan fingerprint density at radius 2 is 2.26 bits per heavy atom. The molecule has 0 aliphatic carbocycles. The molecular formula is C11H10N6O2. The van der Waals surface area contributed by atoms with Crippen LogP contribution in [0.5, 0.6) is 0 Å². The standard InChI is InChI=1S/C11H10N6O2/c1-5-3-7(8-6(2)17-19-10(8)14-5)9(18)15-11-12-4-13-16-11/h3-4H,1-2H3,(H2,12,13,15,16,18). The van der Waals surface area contributed by atoms with E-state index in [4.69, 9.17) is 4.52 Å². The van der Waals surface area contributed by atoms with Gasteiger partial charge in [-0.05, 0) is 19.9 Å². The minimum atomic E-state index is -0.321. The summed E-state index contributed by atoms with van der Waals surface area (Å²) >= 11 is 0. The van der Waals surface area contributed by atoms with E-state index in [1.165, 1.54) is 6.33 Å². The molecule has 0 saturated heterocycles. The first-order valence-electron chi connectivity index (χ1n) is 5.55. The van der Waals surface area contributed by atoms with Crippen LogP contribution in [0.15, 0.2) is 16.9 Å². The van der Waals surface area contributed by atoms with Gasteiger partial charge in [-0.15, -0.1) is 0 Å². The SMILES string of the molecule is Cc1cc(C(=O)Nc2ncn[nH]2)c2c(C)noc2n1. The number of amides is 1. The molecule has 0 saturated carbocycles. The zero-order valence-electron chi connectivity index (χ0n) is 10.3. The molecule has 0 atom stereocenters. The summed E-state index contributed by atoms with van der Waals surface area (Å²) in [6.07, 6.45) is 1.31. The average Bonchev–Trinajstić information content (AvgIpc) is 2.99. The zero-order chi connectivity index (χ0) is 13.4. The van der Waals surface area contributed by atoms with Crippen LogP contribution >= 0.6 is 0 Å². The first-order chi connectivity index (χ1) is 9.15. The van der Waals surface area contributed by atoms with Gasteiger partial charge in [-0.2, -0.15) is 10.1 Å². The molecule has 1 amide bonds. The Morgan fingerprint density at radius 1 is 1.42 bits per heavy atom. The molecule has 96 valence electrons. The number of nitrogens with one attached hydrogen (secondary N) is 2. The molecule has 0 aliphatic heterocycles. The summed E-state index contributed by atoms with van der Waals surface area (Å²) in [4.78, 5) is 20.3. The number of aryl methyl sites for hydroxylation is 2. The number of carbonyl (C=O) groups excluding carboxylic acids is 1. The summed E-state index contributed by atoms with van der Waals surface area (Å²) in [5.41, 5.74) is 2.08. The maximum Gasteiger partial charge on any atom is 0.258 e. The predicted octanol–water partition coefficient (Wildman–Crippen LogP) is 1.21. The largest absolute Gasteiger partial charge is 0.336 e. The van der Waals surface area contributed by atoms with E-state index < -0.39 is 0 Å². The third-order valence-electron chi connectivity index (χ3n) is 2.64. The smallest absolute Gasteiger partial charge is 0.258 e. The predicted molar refractivity (Wildman–Crippen MR) is 65.6 cm³/mol.